The van der Waals surface area contributed by atoms with E-state index in [0.717, 1.165) is 43.6 Å². The van der Waals surface area contributed by atoms with Crippen molar-refractivity contribution in [3.05, 3.63) is 17.5 Å². The molecule has 1 aliphatic rings. The molecule has 1 aromatic heterocycles. The molecule has 0 bridgehead atoms. The summed E-state index contributed by atoms with van der Waals surface area (Å²) in [6.07, 6.45) is 9.42. The summed E-state index contributed by atoms with van der Waals surface area (Å²) in [5, 5.41) is 11.3. The zero-order valence-corrected chi connectivity index (χ0v) is 17.8. The van der Waals surface area contributed by atoms with E-state index in [4.69, 9.17) is 0 Å². The second kappa shape index (κ2) is 11.7. The van der Waals surface area contributed by atoms with Gasteiger partial charge in [0.25, 0.3) is 0 Å². The highest BCUT2D eigenvalue weighted by atomic mass is 127. The largest absolute Gasteiger partial charge is 0.356 e. The Morgan fingerprint density at radius 2 is 1.92 bits per heavy atom. The minimum absolute atomic E-state index is 0. The molecule has 2 rings (SSSR count). The van der Waals surface area contributed by atoms with Crippen LogP contribution in [0.15, 0.2) is 11.1 Å². The van der Waals surface area contributed by atoms with Crippen LogP contribution in [0, 0.1) is 19.8 Å². The van der Waals surface area contributed by atoms with Crippen LogP contribution in [0.3, 0.4) is 0 Å². The number of aromatic nitrogens is 2. The number of aryl methyl sites for hydroxylation is 3. The number of aliphatic imine (C=N–C) groups is 1. The average Bonchev–Trinajstić information content (AvgIpc) is 2.88. The third-order valence-corrected chi connectivity index (χ3v) is 4.74. The summed E-state index contributed by atoms with van der Waals surface area (Å²) in [6.45, 7) is 7.05. The summed E-state index contributed by atoms with van der Waals surface area (Å²) in [7, 11) is 1.84. The smallest absolute Gasteiger partial charge is 0.190 e. The van der Waals surface area contributed by atoms with E-state index in [-0.39, 0.29) is 24.0 Å². The van der Waals surface area contributed by atoms with Crippen molar-refractivity contribution in [3.63, 3.8) is 0 Å². The lowest BCUT2D eigenvalue weighted by Crippen LogP contribution is -2.39. The molecule has 1 saturated carbocycles. The molecule has 1 aliphatic carbocycles. The molecule has 0 saturated heterocycles. The van der Waals surface area contributed by atoms with Crippen molar-refractivity contribution in [3.8, 4) is 0 Å². The minimum atomic E-state index is 0. The summed E-state index contributed by atoms with van der Waals surface area (Å²) in [5.74, 6) is 1.84. The molecule has 0 aromatic carbocycles. The minimum Gasteiger partial charge on any atom is -0.356 e. The fraction of sp³-hybridized carbons (Fsp3) is 0.778. The predicted octanol–water partition coefficient (Wildman–Crippen LogP) is 3.64. The third kappa shape index (κ3) is 7.40. The first-order valence-corrected chi connectivity index (χ1v) is 9.14. The Balaban J connectivity index is 0.00000288. The Labute approximate surface area is 164 Å². The second-order valence-corrected chi connectivity index (χ2v) is 6.72. The fourth-order valence-corrected chi connectivity index (χ4v) is 3.43. The van der Waals surface area contributed by atoms with Crippen molar-refractivity contribution in [1.29, 1.82) is 0 Å². The lowest BCUT2D eigenvalue weighted by Gasteiger charge is -2.22. The van der Waals surface area contributed by atoms with E-state index in [2.05, 4.69) is 38.4 Å². The van der Waals surface area contributed by atoms with Crippen molar-refractivity contribution in [2.24, 2.45) is 10.9 Å². The van der Waals surface area contributed by atoms with E-state index < -0.39 is 0 Å². The van der Waals surface area contributed by atoms with Crippen LogP contribution >= 0.6 is 24.0 Å². The van der Waals surface area contributed by atoms with Crippen LogP contribution in [0.2, 0.25) is 0 Å². The number of rotatable bonds is 7. The maximum absolute atomic E-state index is 4.49. The van der Waals surface area contributed by atoms with Crippen molar-refractivity contribution >= 4 is 29.9 Å². The van der Waals surface area contributed by atoms with Gasteiger partial charge in [-0.25, -0.2) is 0 Å². The van der Waals surface area contributed by atoms with Crippen LogP contribution in [-0.4, -0.2) is 35.9 Å². The topological polar surface area (TPSA) is 54.2 Å². The van der Waals surface area contributed by atoms with E-state index in [1.165, 1.54) is 44.2 Å². The SMILES string of the molecule is CN=C(NCCCn1nc(C)cc1C)NCCC1CCCCC1.I. The summed E-state index contributed by atoms with van der Waals surface area (Å²) >= 11 is 0. The van der Waals surface area contributed by atoms with Crippen molar-refractivity contribution in [2.75, 3.05) is 20.1 Å². The van der Waals surface area contributed by atoms with Crippen LogP contribution in [0.4, 0.5) is 0 Å². The molecule has 1 heterocycles. The van der Waals surface area contributed by atoms with Crippen LogP contribution in [-0.2, 0) is 6.54 Å². The van der Waals surface area contributed by atoms with Crippen molar-refractivity contribution in [1.82, 2.24) is 20.4 Å². The van der Waals surface area contributed by atoms with E-state index in [0.29, 0.717) is 0 Å². The first-order chi connectivity index (χ1) is 11.2. The maximum Gasteiger partial charge on any atom is 0.190 e. The monoisotopic (exact) mass is 447 g/mol. The quantitative estimate of drug-likeness (QED) is 0.291. The van der Waals surface area contributed by atoms with Crippen molar-refractivity contribution < 1.29 is 0 Å². The zero-order chi connectivity index (χ0) is 16.5. The van der Waals surface area contributed by atoms with Crippen molar-refractivity contribution in [2.45, 2.75) is 65.3 Å². The van der Waals surface area contributed by atoms with Gasteiger partial charge in [0.05, 0.1) is 5.69 Å². The molecule has 0 radical (unpaired) electrons. The van der Waals surface area contributed by atoms with E-state index >= 15 is 0 Å². The average molecular weight is 447 g/mol. The van der Waals surface area contributed by atoms with Crippen LogP contribution in [0.25, 0.3) is 0 Å². The zero-order valence-electron chi connectivity index (χ0n) is 15.5. The number of hydrogen-bond donors (Lipinski definition) is 2. The van der Waals surface area contributed by atoms with Crippen LogP contribution < -0.4 is 10.6 Å². The molecule has 0 amide bonds. The highest BCUT2D eigenvalue weighted by molar-refractivity contribution is 14.0. The van der Waals surface area contributed by atoms with Gasteiger partial charge in [0.1, 0.15) is 0 Å². The Morgan fingerprint density at radius 1 is 1.21 bits per heavy atom. The normalized spacial score (nSPS) is 15.9. The van der Waals surface area contributed by atoms with Crippen LogP contribution in [0.5, 0.6) is 0 Å². The molecule has 24 heavy (non-hydrogen) atoms. The number of halogens is 1. The van der Waals surface area contributed by atoms with Gasteiger partial charge < -0.3 is 10.6 Å². The number of nitrogens with zero attached hydrogens (tertiary/aromatic N) is 3. The molecular weight excluding hydrogens is 413 g/mol. The first-order valence-electron chi connectivity index (χ1n) is 9.14. The van der Waals surface area contributed by atoms with E-state index in [1.54, 1.807) is 0 Å². The molecule has 138 valence electrons. The predicted molar refractivity (Wildman–Crippen MR) is 112 cm³/mol. The van der Waals surface area contributed by atoms with E-state index in [9.17, 15) is 0 Å². The Morgan fingerprint density at radius 3 is 2.54 bits per heavy atom. The maximum atomic E-state index is 4.49. The molecule has 6 heteroatoms. The third-order valence-electron chi connectivity index (χ3n) is 4.74. The molecule has 0 unspecified atom stereocenters. The van der Waals surface area contributed by atoms with Crippen LogP contribution in [0.1, 0.15) is 56.3 Å². The van der Waals surface area contributed by atoms with Gasteiger partial charge in [-0.3, -0.25) is 9.67 Å². The first kappa shape index (κ1) is 21.3. The molecule has 0 atom stereocenters. The molecular formula is C18H34IN5. The Bertz CT molecular complexity index is 492. The number of nitrogens with one attached hydrogen (secondary N) is 2. The molecule has 0 spiro atoms. The lowest BCUT2D eigenvalue weighted by atomic mass is 9.87. The standard InChI is InChI=1S/C18H33N5.HI/c1-15-14-16(2)23(22-15)13-7-11-20-18(19-3)21-12-10-17-8-5-4-6-9-17;/h14,17H,4-13H2,1-3H3,(H2,19,20,21);1H. The van der Waals surface area contributed by atoms with Gasteiger partial charge in [-0.15, -0.1) is 24.0 Å². The molecule has 5 nitrogen and oxygen atoms in total. The fourth-order valence-electron chi connectivity index (χ4n) is 3.43. The number of hydrogen-bond acceptors (Lipinski definition) is 2. The van der Waals surface area contributed by atoms with E-state index in [1.807, 2.05) is 14.0 Å². The summed E-state index contributed by atoms with van der Waals surface area (Å²) in [4.78, 5) is 4.31. The summed E-state index contributed by atoms with van der Waals surface area (Å²) in [6, 6.07) is 2.12. The highest BCUT2D eigenvalue weighted by Gasteiger charge is 2.12. The second-order valence-electron chi connectivity index (χ2n) is 6.72. The summed E-state index contributed by atoms with van der Waals surface area (Å²) < 4.78 is 2.08. The lowest BCUT2D eigenvalue weighted by molar-refractivity contribution is 0.339. The number of guanidine groups is 1. The van der Waals surface area contributed by atoms with Gasteiger partial charge >= 0.3 is 0 Å². The van der Waals surface area contributed by atoms with Gasteiger partial charge in [0.15, 0.2) is 5.96 Å². The van der Waals surface area contributed by atoms with Gasteiger partial charge in [-0.2, -0.15) is 5.10 Å². The Hall–Kier alpha value is -0.790. The molecule has 1 fully saturated rings. The Kier molecular flexibility index (Phi) is 10.4. The molecule has 0 aliphatic heterocycles. The van der Waals surface area contributed by atoms with Gasteiger partial charge in [0.2, 0.25) is 0 Å². The van der Waals surface area contributed by atoms with Gasteiger partial charge in [0, 0.05) is 32.4 Å². The molecule has 1 aromatic rings. The summed E-state index contributed by atoms with van der Waals surface area (Å²) in [5.41, 5.74) is 2.33. The highest BCUT2D eigenvalue weighted by Crippen LogP contribution is 2.25. The van der Waals surface area contributed by atoms with Gasteiger partial charge in [-0.1, -0.05) is 32.1 Å². The van der Waals surface area contributed by atoms with Gasteiger partial charge in [-0.05, 0) is 38.7 Å². The molecule has 2 N–H and O–H groups in total.